The van der Waals surface area contributed by atoms with Crippen LogP contribution >= 0.6 is 0 Å². The van der Waals surface area contributed by atoms with Crippen molar-refractivity contribution in [2.45, 2.75) is 20.8 Å². The summed E-state index contributed by atoms with van der Waals surface area (Å²) in [7, 11) is 0. The normalized spacial score (nSPS) is 16.6. The third-order valence-electron chi connectivity index (χ3n) is 10.2. The SMILES string of the molecule is CC1=[NH+]N(c2ccccc2)C(=O)C1=C([OH2+])c1ccccc1.CC1=[NH+]N(c2ccccc2)C(=O)C1=C([OH2+])c1ccccc1.CC1=[NH+]N(c2ccccc2)C(=O)C1=C([OH2+])c1ccccc1.[Fe+3]. The molecule has 64 heavy (non-hydrogen) atoms. The van der Waals surface area contributed by atoms with Crippen LogP contribution in [0.1, 0.15) is 37.5 Å². The Balaban J connectivity index is 0.000000158. The monoisotopic (exact) mass is 896 g/mol. The van der Waals surface area contributed by atoms with Crippen molar-refractivity contribution in [3.63, 3.8) is 0 Å². The van der Waals surface area contributed by atoms with Crippen molar-refractivity contribution in [3.8, 4) is 0 Å². The summed E-state index contributed by atoms with van der Waals surface area (Å²) in [6, 6.07) is 55.9. The van der Waals surface area contributed by atoms with E-state index in [0.717, 1.165) is 33.8 Å². The molecule has 0 unspecified atom stereocenters. The molecule has 3 aliphatic rings. The van der Waals surface area contributed by atoms with Gasteiger partial charge in [-0.3, -0.25) is 14.4 Å². The Morgan fingerprint density at radius 1 is 0.344 bits per heavy atom. The summed E-state index contributed by atoms with van der Waals surface area (Å²) in [5.41, 5.74) is 7.78. The Morgan fingerprint density at radius 2 is 0.531 bits per heavy atom. The van der Waals surface area contributed by atoms with Crippen LogP contribution in [0.4, 0.5) is 17.1 Å². The van der Waals surface area contributed by atoms with Crippen LogP contribution in [0.15, 0.2) is 199 Å². The van der Waals surface area contributed by atoms with Crippen LogP contribution < -0.4 is 30.3 Å². The predicted octanol–water partition coefficient (Wildman–Crippen LogP) is 1.87. The van der Waals surface area contributed by atoms with Gasteiger partial charge in [0.25, 0.3) is 17.3 Å². The molecule has 3 heterocycles. The first-order valence-electron chi connectivity index (χ1n) is 20.1. The zero-order valence-corrected chi connectivity index (χ0v) is 36.3. The van der Waals surface area contributed by atoms with Crippen molar-refractivity contribution in [1.82, 2.24) is 0 Å². The molecule has 0 spiro atoms. The van der Waals surface area contributed by atoms with E-state index in [1.165, 1.54) is 15.0 Å². The van der Waals surface area contributed by atoms with E-state index < -0.39 is 0 Å². The molecule has 1 radical (unpaired) electrons. The summed E-state index contributed by atoms with van der Waals surface area (Å²) in [4.78, 5) is 37.8. The average molecular weight is 897 g/mol. The molecule has 0 aliphatic carbocycles. The van der Waals surface area contributed by atoms with Crippen LogP contribution in [0.2, 0.25) is 0 Å². The van der Waals surface area contributed by atoms with Gasteiger partial charge in [-0.2, -0.15) is 0 Å². The fourth-order valence-electron chi connectivity index (χ4n) is 7.05. The maximum absolute atomic E-state index is 12.6. The second kappa shape index (κ2) is 20.6. The fourth-order valence-corrected chi connectivity index (χ4v) is 7.05. The third-order valence-corrected chi connectivity index (χ3v) is 10.2. The van der Waals surface area contributed by atoms with Crippen LogP contribution in [-0.4, -0.2) is 50.2 Å². The van der Waals surface area contributed by atoms with Crippen molar-refractivity contribution in [2.75, 3.05) is 15.0 Å². The number of hydrazone groups is 3. The Bertz CT molecular complexity index is 2520. The van der Waals surface area contributed by atoms with Gasteiger partial charge in [-0.05, 0) is 72.8 Å². The molecule has 9 rings (SSSR count). The number of nitrogens with one attached hydrogen (secondary N) is 3. The standard InChI is InChI=1S/3C17H14N2O2.Fe/c3*1-12-15(16(20)13-8-4-2-5-9-13)17(21)19(18-12)14-10-6-3-7-11-14;/h3*2-11,20H,1H3;/q;;;+3/p+6. The number of hydrogen-bond donors (Lipinski definition) is 3. The van der Waals surface area contributed by atoms with Crippen molar-refractivity contribution in [3.05, 3.63) is 215 Å². The van der Waals surface area contributed by atoms with E-state index >= 15 is 0 Å². The van der Waals surface area contributed by atoms with E-state index in [1.807, 2.05) is 203 Å². The third kappa shape index (κ3) is 9.82. The van der Waals surface area contributed by atoms with E-state index in [4.69, 9.17) is 15.3 Å². The topological polar surface area (TPSA) is 172 Å². The van der Waals surface area contributed by atoms with Gasteiger partial charge in [0.1, 0.15) is 17.1 Å². The second-order valence-electron chi connectivity index (χ2n) is 14.5. The molecule has 317 valence electrons. The summed E-state index contributed by atoms with van der Waals surface area (Å²) >= 11 is 0. The van der Waals surface area contributed by atoms with Crippen LogP contribution in [0.5, 0.6) is 0 Å². The summed E-state index contributed by atoms with van der Waals surface area (Å²) in [6.45, 7) is 5.44. The molecular weight excluding hydrogens is 848 g/mol. The maximum Gasteiger partial charge on any atom is 3.00 e. The molecule has 0 atom stereocenters. The number of rotatable bonds is 6. The molecule has 6 aromatic rings. The van der Waals surface area contributed by atoms with Gasteiger partial charge in [-0.25, -0.2) is 0 Å². The van der Waals surface area contributed by atoms with Gasteiger partial charge in [0.05, 0.1) is 16.7 Å². The fraction of sp³-hybridized carbons (Fsp3) is 0.0588. The smallest absolute Gasteiger partial charge is 0.592 e. The van der Waals surface area contributed by atoms with Gasteiger partial charge in [-0.15, -0.1) is 15.3 Å². The molecule has 0 fully saturated rings. The Morgan fingerprint density at radius 3 is 0.734 bits per heavy atom. The number of para-hydroxylation sites is 3. The van der Waals surface area contributed by atoms with Gasteiger partial charge in [0.2, 0.25) is 33.9 Å². The second-order valence-corrected chi connectivity index (χ2v) is 14.5. The van der Waals surface area contributed by atoms with Crippen LogP contribution in [0, 0.1) is 0 Å². The minimum atomic E-state index is -0.201. The number of hydrogen-bond acceptors (Lipinski definition) is 3. The zero-order chi connectivity index (χ0) is 44.5. The van der Waals surface area contributed by atoms with Gasteiger partial charge in [0.15, 0.2) is 0 Å². The number of carbonyl (C=O) groups is 3. The number of amides is 3. The molecule has 13 heteroatoms. The van der Waals surface area contributed by atoms with Crippen LogP contribution in [0.25, 0.3) is 17.3 Å². The van der Waals surface area contributed by atoms with Crippen molar-refractivity contribution < 1.29 is 62.1 Å². The van der Waals surface area contributed by atoms with E-state index in [0.29, 0.717) is 33.9 Å². The van der Waals surface area contributed by atoms with Crippen molar-refractivity contribution >= 4 is 69.2 Å². The molecule has 6 aromatic carbocycles. The number of carbonyl (C=O) groups excluding carboxylic acids is 3. The number of anilines is 3. The Labute approximate surface area is 380 Å². The largest absolute Gasteiger partial charge is 3.00 e. The molecular formula is C51H48FeN6O6+9. The quantitative estimate of drug-likeness (QED) is 0.101. The summed E-state index contributed by atoms with van der Waals surface area (Å²) in [5, 5.41) is 38.4. The van der Waals surface area contributed by atoms with E-state index in [2.05, 4.69) is 15.3 Å². The maximum atomic E-state index is 12.6. The van der Waals surface area contributed by atoms with Gasteiger partial charge in [-0.1, -0.05) is 124 Å². The van der Waals surface area contributed by atoms with Gasteiger partial charge < -0.3 is 15.3 Å². The Kier molecular flexibility index (Phi) is 14.6. The first-order valence-corrected chi connectivity index (χ1v) is 20.1. The van der Waals surface area contributed by atoms with Gasteiger partial charge in [0, 0.05) is 20.8 Å². The molecule has 0 saturated heterocycles. The number of benzene rings is 6. The van der Waals surface area contributed by atoms with E-state index in [-0.39, 0.29) is 52.1 Å². The molecule has 3 amide bonds. The van der Waals surface area contributed by atoms with Crippen molar-refractivity contribution in [1.29, 1.82) is 0 Å². The molecule has 3 aliphatic heterocycles. The average Bonchev–Trinajstić information content (AvgIpc) is 3.93. The minimum Gasteiger partial charge on any atom is -0.592 e. The number of hydrazine groups is 3. The molecule has 0 aromatic heterocycles. The molecule has 12 nitrogen and oxygen atoms in total. The van der Waals surface area contributed by atoms with Crippen molar-refractivity contribution in [2.24, 2.45) is 0 Å². The minimum absolute atomic E-state index is 0. The number of nitrogens with zero attached hydrogens (tertiary/aromatic N) is 3. The molecule has 0 bridgehead atoms. The van der Waals surface area contributed by atoms with Crippen LogP contribution in [-0.2, 0) is 31.5 Å². The molecule has 0 saturated carbocycles. The first kappa shape index (κ1) is 45.4. The van der Waals surface area contributed by atoms with E-state index in [1.54, 1.807) is 0 Å². The summed E-state index contributed by atoms with van der Waals surface area (Å²) < 4.78 is 0. The zero-order valence-electron chi connectivity index (χ0n) is 35.2. The first-order chi connectivity index (χ1) is 30.5. The molecule has 9 N–H and O–H groups in total. The summed E-state index contributed by atoms with van der Waals surface area (Å²) in [5.74, 6) is 0.116. The Hall–Kier alpha value is -8.12. The predicted molar refractivity (Wildman–Crippen MR) is 248 cm³/mol. The van der Waals surface area contributed by atoms with Gasteiger partial charge >= 0.3 is 34.8 Å². The van der Waals surface area contributed by atoms with E-state index in [9.17, 15) is 14.4 Å². The summed E-state index contributed by atoms with van der Waals surface area (Å²) in [6.07, 6.45) is 0. The van der Waals surface area contributed by atoms with Crippen LogP contribution in [0.3, 0.4) is 0 Å².